The monoisotopic (exact) mass is 306 g/mol. The number of hydrogen-bond acceptors (Lipinski definition) is 1. The molecule has 2 aromatic rings. The molecule has 3 nitrogen and oxygen atoms in total. The summed E-state index contributed by atoms with van der Waals surface area (Å²) in [6, 6.07) is 21.0. The van der Waals surface area contributed by atoms with Gasteiger partial charge in [-0.25, -0.2) is 0 Å². The second-order valence-corrected chi connectivity index (χ2v) is 7.61. The molecule has 4 bridgehead atoms. The van der Waals surface area contributed by atoms with Crippen molar-refractivity contribution >= 4 is 5.78 Å². The van der Waals surface area contributed by atoms with E-state index in [1.807, 2.05) is 12.1 Å². The molecular weight excluding hydrogens is 284 g/mol. The molecule has 4 aliphatic rings. The Morgan fingerprint density at radius 1 is 0.652 bits per heavy atom. The molecular formula is C20H22N2O+2. The molecule has 23 heavy (non-hydrogen) atoms. The average Bonchev–Trinajstić information content (AvgIpc) is 2.60. The molecule has 0 radical (unpaired) electrons. The first-order chi connectivity index (χ1) is 11.2. The molecule has 0 aromatic heterocycles. The number of piperidine rings is 2. The number of quaternary nitrogens is 2. The van der Waals surface area contributed by atoms with E-state index in [1.54, 1.807) is 9.80 Å². The van der Waals surface area contributed by atoms with Crippen LogP contribution in [0.15, 0.2) is 60.7 Å². The van der Waals surface area contributed by atoms with Crippen LogP contribution in [0.3, 0.4) is 0 Å². The van der Waals surface area contributed by atoms with Crippen molar-refractivity contribution in [1.82, 2.24) is 0 Å². The average molecular weight is 306 g/mol. The van der Waals surface area contributed by atoms with E-state index in [2.05, 4.69) is 48.5 Å². The van der Waals surface area contributed by atoms with E-state index in [-0.39, 0.29) is 10.8 Å². The zero-order chi connectivity index (χ0) is 15.5. The second-order valence-electron chi connectivity index (χ2n) is 7.61. The van der Waals surface area contributed by atoms with Gasteiger partial charge in [-0.2, -0.15) is 0 Å². The van der Waals surface area contributed by atoms with Crippen LogP contribution in [0.4, 0.5) is 0 Å². The van der Waals surface area contributed by atoms with Crippen LogP contribution in [-0.4, -0.2) is 38.6 Å². The molecule has 2 aromatic carbocycles. The summed E-state index contributed by atoms with van der Waals surface area (Å²) >= 11 is 0. The smallest absolute Gasteiger partial charge is 0.204 e. The highest BCUT2D eigenvalue weighted by atomic mass is 16.1. The van der Waals surface area contributed by atoms with E-state index >= 15 is 0 Å². The van der Waals surface area contributed by atoms with Crippen LogP contribution in [0.2, 0.25) is 0 Å². The fourth-order valence-corrected chi connectivity index (χ4v) is 5.52. The van der Waals surface area contributed by atoms with E-state index < -0.39 is 0 Å². The van der Waals surface area contributed by atoms with Crippen LogP contribution < -0.4 is 9.80 Å². The zero-order valence-electron chi connectivity index (χ0n) is 13.2. The SMILES string of the molecule is O=C1C2(c3ccccc3)C[NH+]3C[NH+](C2)CC1(c1ccccc1)C3. The Morgan fingerprint density at radius 3 is 1.43 bits per heavy atom. The van der Waals surface area contributed by atoms with Gasteiger partial charge in [0.2, 0.25) is 6.67 Å². The number of Topliss-reactive ketones (excluding diaryl/α,β-unsaturated/α-hetero) is 1. The quantitative estimate of drug-likeness (QED) is 0.746. The van der Waals surface area contributed by atoms with Gasteiger partial charge in [-0.15, -0.1) is 0 Å². The minimum absolute atomic E-state index is 0.295. The summed E-state index contributed by atoms with van der Waals surface area (Å²) in [6.07, 6.45) is 0. The van der Waals surface area contributed by atoms with Gasteiger partial charge >= 0.3 is 0 Å². The Hall–Kier alpha value is -1.97. The van der Waals surface area contributed by atoms with E-state index in [4.69, 9.17) is 0 Å². The predicted octanol–water partition coefficient (Wildman–Crippen LogP) is -0.800. The van der Waals surface area contributed by atoms with E-state index in [1.165, 1.54) is 11.1 Å². The molecule has 0 aliphatic carbocycles. The minimum Gasteiger partial charge on any atom is -0.297 e. The molecule has 116 valence electrons. The van der Waals surface area contributed by atoms with Gasteiger partial charge in [-0.1, -0.05) is 60.7 Å². The Bertz CT molecular complexity index is 680. The first kappa shape index (κ1) is 13.5. The lowest BCUT2D eigenvalue weighted by molar-refractivity contribution is -1.13. The largest absolute Gasteiger partial charge is 0.297 e. The first-order valence-corrected chi connectivity index (χ1v) is 8.56. The third kappa shape index (κ3) is 1.69. The lowest BCUT2D eigenvalue weighted by Crippen LogP contribution is -3.42. The normalized spacial score (nSPS) is 38.0. The van der Waals surface area contributed by atoms with Crippen molar-refractivity contribution in [3.05, 3.63) is 71.8 Å². The molecule has 0 atom stereocenters. The summed E-state index contributed by atoms with van der Waals surface area (Å²) in [5.74, 6) is 0.467. The molecule has 4 aliphatic heterocycles. The number of rotatable bonds is 2. The van der Waals surface area contributed by atoms with Gasteiger partial charge in [-0.05, 0) is 11.1 Å². The third-order valence-corrected chi connectivity index (χ3v) is 6.23. The Morgan fingerprint density at radius 2 is 1.04 bits per heavy atom. The highest BCUT2D eigenvalue weighted by Gasteiger charge is 2.69. The van der Waals surface area contributed by atoms with Crippen LogP contribution in [0.25, 0.3) is 0 Å². The van der Waals surface area contributed by atoms with Crippen LogP contribution in [0.1, 0.15) is 11.1 Å². The fraction of sp³-hybridized carbons (Fsp3) is 0.350. The van der Waals surface area contributed by atoms with Crippen molar-refractivity contribution in [2.24, 2.45) is 0 Å². The van der Waals surface area contributed by atoms with E-state index in [9.17, 15) is 4.79 Å². The van der Waals surface area contributed by atoms with Crippen LogP contribution in [-0.2, 0) is 15.6 Å². The van der Waals surface area contributed by atoms with Crippen molar-refractivity contribution in [3.8, 4) is 0 Å². The number of hydrogen-bond donors (Lipinski definition) is 2. The van der Waals surface area contributed by atoms with Gasteiger partial charge in [0, 0.05) is 0 Å². The zero-order valence-corrected chi connectivity index (χ0v) is 13.2. The predicted molar refractivity (Wildman–Crippen MR) is 87.5 cm³/mol. The van der Waals surface area contributed by atoms with Crippen LogP contribution >= 0.6 is 0 Å². The van der Waals surface area contributed by atoms with Gasteiger partial charge in [0.25, 0.3) is 0 Å². The molecule has 0 amide bonds. The molecule has 0 spiro atoms. The maximum atomic E-state index is 13.8. The maximum absolute atomic E-state index is 13.8. The van der Waals surface area contributed by atoms with Gasteiger partial charge in [0.05, 0.1) is 0 Å². The van der Waals surface area contributed by atoms with Crippen molar-refractivity contribution < 1.29 is 14.6 Å². The molecule has 0 unspecified atom stereocenters. The maximum Gasteiger partial charge on any atom is 0.204 e. The number of nitrogens with one attached hydrogen (secondary N) is 2. The van der Waals surface area contributed by atoms with E-state index in [0.717, 1.165) is 32.8 Å². The molecule has 4 fully saturated rings. The molecule has 0 saturated carbocycles. The van der Waals surface area contributed by atoms with Gasteiger partial charge in [0.1, 0.15) is 26.2 Å². The van der Waals surface area contributed by atoms with Crippen molar-refractivity contribution in [1.29, 1.82) is 0 Å². The van der Waals surface area contributed by atoms with Crippen molar-refractivity contribution in [2.45, 2.75) is 10.8 Å². The minimum atomic E-state index is -0.295. The molecule has 6 rings (SSSR count). The molecule has 3 heteroatoms. The van der Waals surface area contributed by atoms with Crippen molar-refractivity contribution in [3.63, 3.8) is 0 Å². The number of benzene rings is 2. The van der Waals surface area contributed by atoms with Crippen LogP contribution in [0, 0.1) is 0 Å². The first-order valence-electron chi connectivity index (χ1n) is 8.56. The summed E-state index contributed by atoms with van der Waals surface area (Å²) in [5.41, 5.74) is 1.85. The lowest BCUT2D eigenvalue weighted by atomic mass is 9.56. The number of carbonyl (C=O) groups excluding carboxylic acids is 1. The summed E-state index contributed by atoms with van der Waals surface area (Å²) in [6.45, 7) is 5.03. The summed E-state index contributed by atoms with van der Waals surface area (Å²) in [5, 5.41) is 0. The number of ketones is 1. The Balaban J connectivity index is 1.70. The Kier molecular flexibility index (Phi) is 2.65. The fourth-order valence-electron chi connectivity index (χ4n) is 5.52. The van der Waals surface area contributed by atoms with E-state index in [0.29, 0.717) is 5.78 Å². The number of carbonyl (C=O) groups is 1. The highest BCUT2D eigenvalue weighted by molar-refractivity contribution is 6.00. The summed E-state index contributed by atoms with van der Waals surface area (Å²) in [7, 11) is 0. The second kappa shape index (κ2) is 4.53. The Labute approximate surface area is 136 Å². The summed E-state index contributed by atoms with van der Waals surface area (Å²) < 4.78 is 0. The van der Waals surface area contributed by atoms with Crippen LogP contribution in [0.5, 0.6) is 0 Å². The molecule has 4 heterocycles. The van der Waals surface area contributed by atoms with Gasteiger partial charge < -0.3 is 0 Å². The topological polar surface area (TPSA) is 26.0 Å². The highest BCUT2D eigenvalue weighted by Crippen LogP contribution is 2.39. The standard InChI is InChI=1S/C20H20N2O/c23-18-19(16-7-3-1-4-8-16)11-21-13-20(18,14-22(12-19)15-21)17-9-5-2-6-10-17/h1-10H,11-15H2/p+2. The summed E-state index contributed by atoms with van der Waals surface area (Å²) in [4.78, 5) is 17.0. The molecule has 2 N–H and O–H groups in total. The van der Waals surface area contributed by atoms with Gasteiger partial charge in [-0.3, -0.25) is 14.6 Å². The molecule has 4 saturated heterocycles. The van der Waals surface area contributed by atoms with Gasteiger partial charge in [0.15, 0.2) is 16.6 Å². The lowest BCUT2D eigenvalue weighted by Gasteiger charge is -2.57. The van der Waals surface area contributed by atoms with Crippen molar-refractivity contribution in [2.75, 3.05) is 32.8 Å². The third-order valence-electron chi connectivity index (χ3n) is 6.23.